The van der Waals surface area contributed by atoms with Gasteiger partial charge in [0, 0.05) is 74.5 Å². The summed E-state index contributed by atoms with van der Waals surface area (Å²) < 4.78 is 8.60. The monoisotopic (exact) mass is 895 g/mol. The SMILES string of the molecule is CC(C)Cc1coc2c1ccc1sc3c(-c4[c-]c5ccccc5c(C(C)(C)C)c4)nccc3c12.CCC(C)(CC)C(=O)/C=C(\O)C(C)(CC)CC.[Ir]. The van der Waals surface area contributed by atoms with Gasteiger partial charge in [0.2, 0.25) is 0 Å². The van der Waals surface area contributed by atoms with Gasteiger partial charge in [-0.1, -0.05) is 105 Å². The van der Waals surface area contributed by atoms with Crippen LogP contribution in [-0.4, -0.2) is 15.9 Å². The van der Waals surface area contributed by atoms with E-state index in [2.05, 4.69) is 89.2 Å². The van der Waals surface area contributed by atoms with E-state index < -0.39 is 0 Å². The van der Waals surface area contributed by atoms with Crippen molar-refractivity contribution in [3.05, 3.63) is 90.0 Å². The van der Waals surface area contributed by atoms with Crippen molar-refractivity contribution in [2.75, 3.05) is 0 Å². The number of furan rings is 1. The van der Waals surface area contributed by atoms with Crippen LogP contribution in [0.25, 0.3) is 53.2 Å². The Balaban J connectivity index is 0.000000289. The molecule has 6 aromatic rings. The fraction of sp³-hybridized carbons (Fsp3) is 0.435. The molecule has 0 saturated carbocycles. The molecule has 3 aromatic carbocycles. The van der Waals surface area contributed by atoms with Gasteiger partial charge in [0.05, 0.1) is 6.26 Å². The van der Waals surface area contributed by atoms with Crippen molar-refractivity contribution in [3.8, 4) is 11.3 Å². The molecular formula is C46H56IrNO3S-. The number of aliphatic hydroxyl groups is 1. The smallest absolute Gasteiger partial charge is 0.164 e. The van der Waals surface area contributed by atoms with Crippen LogP contribution in [-0.2, 0) is 36.7 Å². The molecular weight excluding hydrogens is 839 g/mol. The van der Waals surface area contributed by atoms with E-state index in [1.165, 1.54) is 48.1 Å². The summed E-state index contributed by atoms with van der Waals surface area (Å²) >= 11 is 1.80. The predicted octanol–water partition coefficient (Wildman–Crippen LogP) is 14.0. The van der Waals surface area contributed by atoms with Gasteiger partial charge >= 0.3 is 0 Å². The first-order chi connectivity index (χ1) is 24.1. The van der Waals surface area contributed by atoms with Crippen LogP contribution in [0.4, 0.5) is 0 Å². The fourth-order valence-electron chi connectivity index (χ4n) is 6.78. The van der Waals surface area contributed by atoms with E-state index in [1.54, 1.807) is 11.3 Å². The predicted molar refractivity (Wildman–Crippen MR) is 219 cm³/mol. The van der Waals surface area contributed by atoms with Crippen molar-refractivity contribution in [1.29, 1.82) is 0 Å². The van der Waals surface area contributed by atoms with Crippen molar-refractivity contribution in [2.24, 2.45) is 16.7 Å². The summed E-state index contributed by atoms with van der Waals surface area (Å²) in [7, 11) is 0. The topological polar surface area (TPSA) is 63.3 Å². The zero-order chi connectivity index (χ0) is 37.3. The van der Waals surface area contributed by atoms with Crippen LogP contribution in [0.1, 0.15) is 113 Å². The minimum atomic E-state index is -0.337. The van der Waals surface area contributed by atoms with Gasteiger partial charge in [-0.25, -0.2) is 0 Å². The Morgan fingerprint density at radius 3 is 2.17 bits per heavy atom. The Morgan fingerprint density at radius 2 is 1.56 bits per heavy atom. The molecule has 52 heavy (non-hydrogen) atoms. The van der Waals surface area contributed by atoms with Gasteiger partial charge < -0.3 is 9.52 Å². The average molecular weight is 895 g/mol. The normalized spacial score (nSPS) is 12.8. The number of hydrogen-bond acceptors (Lipinski definition) is 5. The molecule has 0 unspecified atom stereocenters. The minimum absolute atomic E-state index is 0. The summed E-state index contributed by atoms with van der Waals surface area (Å²) in [6.45, 7) is 23.4. The largest absolute Gasteiger partial charge is 0.512 e. The van der Waals surface area contributed by atoms with E-state index in [1.807, 2.05) is 54.0 Å². The summed E-state index contributed by atoms with van der Waals surface area (Å²) in [5.41, 5.74) is 5.07. The van der Waals surface area contributed by atoms with Crippen LogP contribution in [0, 0.1) is 22.8 Å². The summed E-state index contributed by atoms with van der Waals surface area (Å²) in [6.07, 6.45) is 9.65. The van der Waals surface area contributed by atoms with E-state index in [0.29, 0.717) is 5.92 Å². The summed E-state index contributed by atoms with van der Waals surface area (Å²) in [5, 5.41) is 16.2. The fourth-order valence-corrected chi connectivity index (χ4v) is 7.98. The molecule has 0 bridgehead atoms. The molecule has 0 saturated heterocycles. The molecule has 0 aliphatic carbocycles. The number of thiophene rings is 1. The van der Waals surface area contributed by atoms with E-state index in [4.69, 9.17) is 9.40 Å². The van der Waals surface area contributed by atoms with Gasteiger partial charge in [-0.3, -0.25) is 9.78 Å². The number of allylic oxidation sites excluding steroid dienone is 2. The molecule has 1 N–H and O–H groups in total. The maximum atomic E-state index is 12.2. The number of pyridine rings is 1. The van der Waals surface area contributed by atoms with Crippen LogP contribution >= 0.6 is 11.3 Å². The summed E-state index contributed by atoms with van der Waals surface area (Å²) in [4.78, 5) is 17.1. The number of ketones is 1. The number of aromatic nitrogens is 1. The molecule has 0 fully saturated rings. The molecule has 3 aromatic heterocycles. The number of benzene rings is 3. The van der Waals surface area contributed by atoms with Crippen molar-refractivity contribution >= 4 is 59.0 Å². The van der Waals surface area contributed by atoms with Gasteiger partial charge in [0.1, 0.15) is 11.3 Å². The van der Waals surface area contributed by atoms with E-state index in [-0.39, 0.29) is 47.9 Å². The van der Waals surface area contributed by atoms with Gasteiger partial charge in [-0.2, -0.15) is 0 Å². The molecule has 4 nitrogen and oxygen atoms in total. The zero-order valence-electron chi connectivity index (χ0n) is 32.9. The van der Waals surface area contributed by atoms with E-state index in [9.17, 15) is 9.90 Å². The second-order valence-corrected chi connectivity index (χ2v) is 17.2. The third-order valence-electron chi connectivity index (χ3n) is 11.2. The molecule has 0 aliphatic rings. The second-order valence-electron chi connectivity index (χ2n) is 16.1. The second kappa shape index (κ2) is 16.4. The number of carbonyl (C=O) groups excluding carboxylic acids is 1. The summed E-state index contributed by atoms with van der Waals surface area (Å²) in [5.74, 6) is 0.876. The van der Waals surface area contributed by atoms with Crippen molar-refractivity contribution in [2.45, 2.75) is 114 Å². The number of hydrogen-bond donors (Lipinski definition) is 1. The maximum Gasteiger partial charge on any atom is 0.164 e. The van der Waals surface area contributed by atoms with Crippen LogP contribution in [0.15, 0.2) is 77.2 Å². The number of rotatable bonds is 10. The molecule has 6 heteroatoms. The Morgan fingerprint density at radius 1 is 0.904 bits per heavy atom. The molecule has 279 valence electrons. The number of fused-ring (bicyclic) bond motifs is 6. The van der Waals surface area contributed by atoms with Crippen molar-refractivity contribution in [1.82, 2.24) is 4.98 Å². The molecule has 0 aliphatic heterocycles. The number of aliphatic hydroxyl groups excluding tert-OH is 1. The zero-order valence-corrected chi connectivity index (χ0v) is 36.1. The van der Waals surface area contributed by atoms with Gasteiger partial charge in [-0.15, -0.1) is 40.5 Å². The van der Waals surface area contributed by atoms with Crippen LogP contribution < -0.4 is 0 Å². The Bertz CT molecular complexity index is 2210. The van der Waals surface area contributed by atoms with Crippen molar-refractivity contribution < 1.29 is 34.4 Å². The van der Waals surface area contributed by atoms with Crippen molar-refractivity contribution in [3.63, 3.8) is 0 Å². The standard InChI is InChI=1S/C31H28NOS.C15H28O2.Ir/c1-18(2)14-21-17-33-29-23(21)10-11-26-27(29)24-12-13-32-28(30(24)34-26)20-15-19-8-6-7-9-22(19)25(16-20)31(3,4)5;1-7-14(5,8-2)12(16)11-13(17)15(6,9-3)10-4;/h6-13,16-18H,14H2,1-5H3;11,16H,7-10H2,1-6H3;/q-1;;/b;12-11-;. The average Bonchev–Trinajstić information content (AvgIpc) is 3.70. The first kappa shape index (κ1) is 41.4. The van der Waals surface area contributed by atoms with Crippen LogP contribution in [0.2, 0.25) is 0 Å². The molecule has 0 spiro atoms. The van der Waals surface area contributed by atoms with Gasteiger partial charge in [0.15, 0.2) is 5.78 Å². The molecule has 6 rings (SSSR count). The number of nitrogens with zero attached hydrogens (tertiary/aromatic N) is 1. The van der Waals surface area contributed by atoms with Crippen LogP contribution in [0.5, 0.6) is 0 Å². The van der Waals surface area contributed by atoms with Crippen LogP contribution in [0.3, 0.4) is 0 Å². The maximum absolute atomic E-state index is 12.2. The molecule has 3 heterocycles. The molecule has 0 atom stereocenters. The quantitative estimate of drug-likeness (QED) is 0.0845. The Hall–Kier alpha value is -3.31. The summed E-state index contributed by atoms with van der Waals surface area (Å²) in [6, 6.07) is 21.1. The Labute approximate surface area is 328 Å². The number of carbonyl (C=O) groups is 1. The molecule has 0 amide bonds. The van der Waals surface area contributed by atoms with Gasteiger partial charge in [-0.05, 0) is 67.2 Å². The first-order valence-electron chi connectivity index (χ1n) is 18.7. The third-order valence-corrected chi connectivity index (χ3v) is 12.4. The Kier molecular flexibility index (Phi) is 13.0. The molecule has 1 radical (unpaired) electrons. The van der Waals surface area contributed by atoms with E-state index in [0.717, 1.165) is 54.3 Å². The first-order valence-corrected chi connectivity index (χ1v) is 19.5. The minimum Gasteiger partial charge on any atom is -0.512 e. The van der Waals surface area contributed by atoms with E-state index >= 15 is 0 Å². The third kappa shape index (κ3) is 8.10. The van der Waals surface area contributed by atoms with Gasteiger partial charge in [0.25, 0.3) is 0 Å².